The lowest BCUT2D eigenvalue weighted by Crippen LogP contribution is -2.29. The van der Waals surface area contributed by atoms with E-state index in [1.807, 2.05) is 0 Å². The van der Waals surface area contributed by atoms with E-state index in [1.54, 1.807) is 0 Å². The Labute approximate surface area is 48.2 Å². The molecule has 3 unspecified atom stereocenters. The van der Waals surface area contributed by atoms with Gasteiger partial charge in [0.1, 0.15) is 11.7 Å². The summed E-state index contributed by atoms with van der Waals surface area (Å²) in [6.07, 6.45) is 1.95. The van der Waals surface area contributed by atoms with E-state index >= 15 is 0 Å². The predicted octanol–water partition coefficient (Wildman–Crippen LogP) is -0.253. The number of piperidine rings is 1. The van der Waals surface area contributed by atoms with Crippen LogP contribution in [0.1, 0.15) is 6.42 Å². The Kier molecular flexibility index (Phi) is 0.408. The molecule has 1 saturated carbocycles. The molecule has 2 nitrogen and oxygen atoms in total. The Bertz CT molecular complexity index is 125. The first-order chi connectivity index (χ1) is 3.92. The van der Waals surface area contributed by atoms with Crippen molar-refractivity contribution in [2.75, 3.05) is 13.1 Å². The quantitative estimate of drug-likeness (QED) is 0.436. The molecule has 1 spiro atoms. The van der Waals surface area contributed by atoms with E-state index in [4.69, 9.17) is 4.74 Å². The number of hydrogen-bond acceptors (Lipinski definition) is 2. The molecule has 0 radical (unpaired) electrons. The van der Waals surface area contributed by atoms with Crippen molar-refractivity contribution in [3.05, 3.63) is 0 Å². The lowest BCUT2D eigenvalue weighted by molar-refractivity contribution is 0.363. The summed E-state index contributed by atoms with van der Waals surface area (Å²) in [6.45, 7) is 2.31. The van der Waals surface area contributed by atoms with E-state index in [1.165, 1.54) is 13.0 Å². The summed E-state index contributed by atoms with van der Waals surface area (Å²) in [5.74, 6) is 0.890. The van der Waals surface area contributed by atoms with E-state index < -0.39 is 0 Å². The van der Waals surface area contributed by atoms with Gasteiger partial charge in [0.15, 0.2) is 0 Å². The van der Waals surface area contributed by atoms with Crippen molar-refractivity contribution in [2.24, 2.45) is 5.92 Å². The van der Waals surface area contributed by atoms with Gasteiger partial charge >= 0.3 is 0 Å². The van der Waals surface area contributed by atoms with Crippen LogP contribution in [-0.2, 0) is 4.74 Å². The first-order valence-corrected chi connectivity index (χ1v) is 3.30. The smallest absolute Gasteiger partial charge is 0.101 e. The summed E-state index contributed by atoms with van der Waals surface area (Å²) in [6, 6.07) is 0. The van der Waals surface area contributed by atoms with Gasteiger partial charge in [0.2, 0.25) is 0 Å². The Morgan fingerprint density at radius 2 is 2.50 bits per heavy atom. The van der Waals surface area contributed by atoms with Gasteiger partial charge in [0, 0.05) is 19.0 Å². The highest BCUT2D eigenvalue weighted by molar-refractivity contribution is 5.23. The van der Waals surface area contributed by atoms with E-state index in [-0.39, 0.29) is 0 Å². The monoisotopic (exact) mass is 111 g/mol. The molecular weight excluding hydrogens is 102 g/mol. The summed E-state index contributed by atoms with van der Waals surface area (Å²) < 4.78 is 5.48. The predicted molar refractivity (Wildman–Crippen MR) is 28.6 cm³/mol. The van der Waals surface area contributed by atoms with Crippen molar-refractivity contribution in [1.29, 1.82) is 0 Å². The topological polar surface area (TPSA) is 24.6 Å². The standard InChI is InChI=1S/C6H9NO/c1-4-2-7-3-5-6(1,4)8-5/h4-5,7H,1-3H2. The molecule has 0 aromatic rings. The van der Waals surface area contributed by atoms with Crippen LogP contribution in [0.4, 0.5) is 0 Å². The highest BCUT2D eigenvalue weighted by atomic mass is 16.6. The summed E-state index contributed by atoms with van der Waals surface area (Å²) in [7, 11) is 0. The zero-order valence-corrected chi connectivity index (χ0v) is 4.68. The van der Waals surface area contributed by atoms with Crippen molar-refractivity contribution < 1.29 is 4.74 Å². The van der Waals surface area contributed by atoms with Crippen molar-refractivity contribution in [1.82, 2.24) is 5.32 Å². The first kappa shape index (κ1) is 3.85. The second-order valence-corrected chi connectivity index (χ2v) is 3.12. The van der Waals surface area contributed by atoms with Crippen LogP contribution in [-0.4, -0.2) is 24.8 Å². The highest BCUT2D eigenvalue weighted by Crippen LogP contribution is 2.62. The van der Waals surface area contributed by atoms with Crippen molar-refractivity contribution in [3.63, 3.8) is 0 Å². The molecule has 2 heterocycles. The van der Waals surface area contributed by atoms with Crippen LogP contribution in [0.2, 0.25) is 0 Å². The normalized spacial score (nSPS) is 66.0. The minimum absolute atomic E-state index is 0.450. The van der Waals surface area contributed by atoms with Crippen molar-refractivity contribution >= 4 is 0 Å². The molecule has 8 heavy (non-hydrogen) atoms. The molecule has 44 valence electrons. The fourth-order valence-corrected chi connectivity index (χ4v) is 1.94. The number of epoxide rings is 1. The van der Waals surface area contributed by atoms with Crippen molar-refractivity contribution in [2.45, 2.75) is 18.1 Å². The summed E-state index contributed by atoms with van der Waals surface area (Å²) >= 11 is 0. The molecule has 3 rings (SSSR count). The van der Waals surface area contributed by atoms with Crippen LogP contribution in [0.3, 0.4) is 0 Å². The number of nitrogens with one attached hydrogen (secondary N) is 1. The number of hydrogen-bond donors (Lipinski definition) is 1. The zero-order valence-electron chi connectivity index (χ0n) is 4.68. The second-order valence-electron chi connectivity index (χ2n) is 3.12. The average molecular weight is 111 g/mol. The van der Waals surface area contributed by atoms with Gasteiger partial charge < -0.3 is 10.1 Å². The van der Waals surface area contributed by atoms with Gasteiger partial charge in [-0.25, -0.2) is 0 Å². The lowest BCUT2D eigenvalue weighted by Gasteiger charge is -2.03. The molecule has 1 aliphatic carbocycles. The number of ether oxygens (including phenoxy) is 1. The second kappa shape index (κ2) is 0.847. The fourth-order valence-electron chi connectivity index (χ4n) is 1.94. The lowest BCUT2D eigenvalue weighted by atomic mass is 10.2. The van der Waals surface area contributed by atoms with E-state index in [0.29, 0.717) is 11.7 Å². The van der Waals surface area contributed by atoms with Crippen LogP contribution in [0.5, 0.6) is 0 Å². The minimum atomic E-state index is 0.450. The van der Waals surface area contributed by atoms with Crippen LogP contribution in [0.25, 0.3) is 0 Å². The molecule has 1 N–H and O–H groups in total. The molecule has 0 bridgehead atoms. The minimum Gasteiger partial charge on any atom is -0.364 e. The zero-order chi connectivity index (χ0) is 5.19. The van der Waals surface area contributed by atoms with Gasteiger partial charge in [0.25, 0.3) is 0 Å². The molecule has 2 aliphatic heterocycles. The summed E-state index contributed by atoms with van der Waals surface area (Å²) in [4.78, 5) is 0. The molecule has 3 atom stereocenters. The van der Waals surface area contributed by atoms with E-state index in [2.05, 4.69) is 5.32 Å². The SMILES string of the molecule is C1NCC2OC23CC13. The third kappa shape index (κ3) is 0.250. The van der Waals surface area contributed by atoms with Crippen LogP contribution in [0.15, 0.2) is 0 Å². The molecule has 0 amide bonds. The van der Waals surface area contributed by atoms with Gasteiger partial charge in [-0.3, -0.25) is 0 Å². The maximum atomic E-state index is 5.48. The van der Waals surface area contributed by atoms with Crippen LogP contribution >= 0.6 is 0 Å². The molecular formula is C6H9NO. The Hall–Kier alpha value is -0.0800. The van der Waals surface area contributed by atoms with Gasteiger partial charge in [-0.15, -0.1) is 0 Å². The van der Waals surface area contributed by atoms with E-state index in [9.17, 15) is 0 Å². The van der Waals surface area contributed by atoms with Gasteiger partial charge in [0.05, 0.1) is 0 Å². The summed E-state index contributed by atoms with van der Waals surface area (Å²) in [5.41, 5.74) is 0.450. The third-order valence-electron chi connectivity index (χ3n) is 2.67. The Morgan fingerprint density at radius 3 is 3.25 bits per heavy atom. The summed E-state index contributed by atoms with van der Waals surface area (Å²) in [5, 5.41) is 3.34. The molecule has 0 aromatic heterocycles. The van der Waals surface area contributed by atoms with Crippen LogP contribution < -0.4 is 5.32 Å². The molecule has 3 aliphatic rings. The Balaban J connectivity index is 1.95. The molecule has 0 aromatic carbocycles. The maximum absolute atomic E-state index is 5.48. The Morgan fingerprint density at radius 1 is 1.50 bits per heavy atom. The highest BCUT2D eigenvalue weighted by Gasteiger charge is 2.74. The van der Waals surface area contributed by atoms with Crippen LogP contribution in [0, 0.1) is 5.92 Å². The van der Waals surface area contributed by atoms with Gasteiger partial charge in [-0.2, -0.15) is 0 Å². The van der Waals surface area contributed by atoms with Crippen molar-refractivity contribution in [3.8, 4) is 0 Å². The molecule has 2 saturated heterocycles. The van der Waals surface area contributed by atoms with E-state index in [0.717, 1.165) is 12.5 Å². The molecule has 2 heteroatoms. The third-order valence-corrected chi connectivity index (χ3v) is 2.67. The largest absolute Gasteiger partial charge is 0.364 e. The fraction of sp³-hybridized carbons (Fsp3) is 1.00. The maximum Gasteiger partial charge on any atom is 0.101 e. The first-order valence-electron chi connectivity index (χ1n) is 3.30. The molecule has 3 fully saturated rings. The van der Waals surface area contributed by atoms with Gasteiger partial charge in [-0.1, -0.05) is 0 Å². The number of rotatable bonds is 0. The average Bonchev–Trinajstić information content (AvgIpc) is 2.45. The van der Waals surface area contributed by atoms with Gasteiger partial charge in [-0.05, 0) is 6.42 Å².